The molecule has 0 aliphatic carbocycles. The minimum Gasteiger partial charge on any atom is -0.459 e. The van der Waals surface area contributed by atoms with E-state index in [0.29, 0.717) is 5.76 Å². The highest BCUT2D eigenvalue weighted by atomic mass is 16.3. The summed E-state index contributed by atoms with van der Waals surface area (Å²) in [4.78, 5) is 12.2. The van der Waals surface area contributed by atoms with Crippen LogP contribution in [0.25, 0.3) is 0 Å². The van der Waals surface area contributed by atoms with Gasteiger partial charge in [-0.1, -0.05) is 12.1 Å². The fourth-order valence-corrected chi connectivity index (χ4v) is 2.43. The molecular weight excluding hydrogens is 240 g/mol. The van der Waals surface area contributed by atoms with Crippen molar-refractivity contribution >= 4 is 11.6 Å². The zero-order valence-electron chi connectivity index (χ0n) is 10.8. The first-order valence-corrected chi connectivity index (χ1v) is 6.42. The molecule has 0 radical (unpaired) electrons. The second-order valence-corrected chi connectivity index (χ2v) is 4.76. The van der Waals surface area contributed by atoms with E-state index in [2.05, 4.69) is 16.7 Å². The van der Waals surface area contributed by atoms with Crippen molar-refractivity contribution in [1.82, 2.24) is 5.32 Å². The van der Waals surface area contributed by atoms with Gasteiger partial charge >= 0.3 is 0 Å². The molecule has 2 N–H and O–H groups in total. The first-order chi connectivity index (χ1) is 9.25. The van der Waals surface area contributed by atoms with Crippen LogP contribution >= 0.6 is 0 Å². The summed E-state index contributed by atoms with van der Waals surface area (Å²) in [6.45, 7) is 3.67. The van der Waals surface area contributed by atoms with Crippen LogP contribution in [-0.2, 0) is 13.0 Å². The molecule has 2 aromatic rings. The maximum absolute atomic E-state index is 12.2. The molecule has 0 saturated heterocycles. The number of carbonyl (C=O) groups excluding carboxylic acids is 1. The maximum Gasteiger partial charge on any atom is 0.291 e. The highest BCUT2D eigenvalue weighted by Gasteiger charge is 2.17. The zero-order chi connectivity index (χ0) is 13.2. The van der Waals surface area contributed by atoms with Crippen molar-refractivity contribution in [3.63, 3.8) is 0 Å². The van der Waals surface area contributed by atoms with Crippen LogP contribution in [0.1, 0.15) is 27.2 Å². The summed E-state index contributed by atoms with van der Waals surface area (Å²) in [7, 11) is 0. The van der Waals surface area contributed by atoms with Gasteiger partial charge in [0, 0.05) is 17.8 Å². The van der Waals surface area contributed by atoms with Gasteiger partial charge in [-0.05, 0) is 43.1 Å². The van der Waals surface area contributed by atoms with Gasteiger partial charge < -0.3 is 15.1 Å². The third-order valence-electron chi connectivity index (χ3n) is 3.46. The summed E-state index contributed by atoms with van der Waals surface area (Å²) >= 11 is 0. The Bertz CT molecular complexity index is 616. The van der Waals surface area contributed by atoms with Gasteiger partial charge in [0.15, 0.2) is 5.76 Å². The minimum absolute atomic E-state index is 0.186. The van der Waals surface area contributed by atoms with Crippen LogP contribution in [0.15, 0.2) is 34.9 Å². The molecule has 19 heavy (non-hydrogen) atoms. The number of nitrogens with one attached hydrogen (secondary N) is 2. The van der Waals surface area contributed by atoms with Crippen LogP contribution in [0.2, 0.25) is 0 Å². The van der Waals surface area contributed by atoms with E-state index in [1.165, 1.54) is 17.4 Å². The Balaban J connectivity index is 1.88. The van der Waals surface area contributed by atoms with Crippen LogP contribution in [0.4, 0.5) is 5.69 Å². The molecule has 0 spiro atoms. The predicted octanol–water partition coefficient (Wildman–Crippen LogP) is 2.49. The number of aryl methyl sites for hydroxylation is 1. The van der Waals surface area contributed by atoms with Crippen LogP contribution in [0, 0.1) is 6.92 Å². The first-order valence-electron chi connectivity index (χ1n) is 6.42. The van der Waals surface area contributed by atoms with E-state index in [4.69, 9.17) is 4.42 Å². The number of anilines is 1. The summed E-state index contributed by atoms with van der Waals surface area (Å²) in [5.74, 6) is 0.195. The van der Waals surface area contributed by atoms with Gasteiger partial charge in [-0.15, -0.1) is 0 Å². The van der Waals surface area contributed by atoms with Gasteiger partial charge in [0.1, 0.15) is 0 Å². The van der Waals surface area contributed by atoms with Gasteiger partial charge in [-0.3, -0.25) is 4.79 Å². The molecule has 0 saturated carbocycles. The third-order valence-corrected chi connectivity index (χ3v) is 3.46. The number of carbonyl (C=O) groups is 1. The van der Waals surface area contributed by atoms with Crippen LogP contribution in [0.3, 0.4) is 0 Å². The summed E-state index contributed by atoms with van der Waals surface area (Å²) in [5.41, 5.74) is 4.21. The number of furan rings is 1. The molecule has 0 fully saturated rings. The van der Waals surface area contributed by atoms with E-state index in [1.54, 1.807) is 6.07 Å². The zero-order valence-corrected chi connectivity index (χ0v) is 10.8. The summed E-state index contributed by atoms with van der Waals surface area (Å²) in [5, 5.41) is 6.28. The van der Waals surface area contributed by atoms with E-state index in [0.717, 1.165) is 30.8 Å². The predicted molar refractivity (Wildman–Crippen MR) is 73.3 cm³/mol. The Morgan fingerprint density at radius 3 is 3.05 bits per heavy atom. The van der Waals surface area contributed by atoms with Crippen molar-refractivity contribution in [2.75, 3.05) is 11.9 Å². The second-order valence-electron chi connectivity index (χ2n) is 4.76. The van der Waals surface area contributed by atoms with Gasteiger partial charge in [-0.25, -0.2) is 0 Å². The van der Waals surface area contributed by atoms with Gasteiger partial charge in [0.05, 0.1) is 6.26 Å². The van der Waals surface area contributed by atoms with Gasteiger partial charge in [0.2, 0.25) is 0 Å². The van der Waals surface area contributed by atoms with Gasteiger partial charge in [0.25, 0.3) is 5.91 Å². The topological polar surface area (TPSA) is 54.3 Å². The molecule has 1 aromatic carbocycles. The molecule has 0 unspecified atom stereocenters. The lowest BCUT2D eigenvalue weighted by atomic mass is 9.99. The molecule has 2 heterocycles. The van der Waals surface area contributed by atoms with Crippen LogP contribution in [-0.4, -0.2) is 12.5 Å². The fourth-order valence-electron chi connectivity index (χ4n) is 2.43. The maximum atomic E-state index is 12.2. The molecule has 4 heteroatoms. The van der Waals surface area contributed by atoms with Crippen molar-refractivity contribution < 1.29 is 9.21 Å². The molecule has 98 valence electrons. The van der Waals surface area contributed by atoms with Crippen molar-refractivity contribution in [3.8, 4) is 0 Å². The van der Waals surface area contributed by atoms with Crippen molar-refractivity contribution in [3.05, 3.63) is 53.0 Å². The lowest BCUT2D eigenvalue weighted by Gasteiger charge is -2.20. The van der Waals surface area contributed by atoms with E-state index >= 15 is 0 Å². The van der Waals surface area contributed by atoms with Gasteiger partial charge in [-0.2, -0.15) is 0 Å². The monoisotopic (exact) mass is 256 g/mol. The van der Waals surface area contributed by atoms with E-state index in [9.17, 15) is 4.79 Å². The Morgan fingerprint density at radius 2 is 2.26 bits per heavy atom. The fraction of sp³-hybridized carbons (Fsp3) is 0.267. The normalized spacial score (nSPS) is 13.9. The smallest absolute Gasteiger partial charge is 0.291 e. The Morgan fingerprint density at radius 1 is 1.37 bits per heavy atom. The summed E-state index contributed by atoms with van der Waals surface area (Å²) < 4.78 is 5.22. The number of amides is 1. The second kappa shape index (κ2) is 4.90. The lowest BCUT2D eigenvalue weighted by Crippen LogP contribution is -2.25. The number of hydrogen-bond acceptors (Lipinski definition) is 3. The molecule has 0 atom stereocenters. The van der Waals surface area contributed by atoms with Crippen molar-refractivity contribution in [1.29, 1.82) is 0 Å². The summed E-state index contributed by atoms with van der Waals surface area (Å²) in [6, 6.07) is 7.80. The van der Waals surface area contributed by atoms with Crippen molar-refractivity contribution in [2.24, 2.45) is 0 Å². The Labute approximate surface area is 111 Å². The molecule has 1 aliphatic rings. The molecule has 1 amide bonds. The van der Waals surface area contributed by atoms with Crippen LogP contribution < -0.4 is 10.6 Å². The Kier molecular flexibility index (Phi) is 3.09. The molecule has 1 aliphatic heterocycles. The molecular formula is C15H16N2O2. The average Bonchev–Trinajstić information content (AvgIpc) is 2.85. The lowest BCUT2D eigenvalue weighted by molar-refractivity contribution is 0.0995. The van der Waals surface area contributed by atoms with Crippen molar-refractivity contribution in [2.45, 2.75) is 19.9 Å². The molecule has 0 bridgehead atoms. The number of hydrogen-bond donors (Lipinski definition) is 2. The Hall–Kier alpha value is -2.07. The highest BCUT2D eigenvalue weighted by Crippen LogP contribution is 2.24. The largest absolute Gasteiger partial charge is 0.459 e. The molecule has 1 aromatic heterocycles. The quantitative estimate of drug-likeness (QED) is 0.868. The number of benzene rings is 1. The van der Waals surface area contributed by atoms with Crippen LogP contribution in [0.5, 0.6) is 0 Å². The standard InChI is InChI=1S/C15H16N2O2/c1-10-6-8-19-14(10)15(18)17-13-4-2-3-11-9-16-7-5-12(11)13/h2-4,6,8,16H,5,7,9H2,1H3,(H,17,18). The average molecular weight is 256 g/mol. The molecule has 4 nitrogen and oxygen atoms in total. The molecule has 3 rings (SSSR count). The highest BCUT2D eigenvalue weighted by molar-refractivity contribution is 6.03. The third kappa shape index (κ3) is 2.27. The summed E-state index contributed by atoms with van der Waals surface area (Å²) in [6.07, 6.45) is 2.47. The minimum atomic E-state index is -0.186. The van der Waals surface area contributed by atoms with E-state index < -0.39 is 0 Å². The van der Waals surface area contributed by atoms with E-state index in [1.807, 2.05) is 19.1 Å². The van der Waals surface area contributed by atoms with E-state index in [-0.39, 0.29) is 5.91 Å². The number of rotatable bonds is 2. The SMILES string of the molecule is Cc1ccoc1C(=O)Nc1cccc2c1CCNC2. The first kappa shape index (κ1) is 12.0. The number of fused-ring (bicyclic) bond motifs is 1.